The van der Waals surface area contributed by atoms with Crippen molar-refractivity contribution < 1.29 is 19.1 Å². The van der Waals surface area contributed by atoms with Gasteiger partial charge >= 0.3 is 0 Å². The van der Waals surface area contributed by atoms with Crippen LogP contribution in [0.1, 0.15) is 44.6 Å². The third-order valence-electron chi connectivity index (χ3n) is 5.51. The highest BCUT2D eigenvalue weighted by Crippen LogP contribution is 2.33. The summed E-state index contributed by atoms with van der Waals surface area (Å²) >= 11 is 0. The summed E-state index contributed by atoms with van der Waals surface area (Å²) in [6.07, 6.45) is 6.16. The Labute approximate surface area is 176 Å². The fraction of sp³-hybridized carbons (Fsp3) is 0.435. The van der Waals surface area contributed by atoms with Gasteiger partial charge in [-0.05, 0) is 56.4 Å². The van der Waals surface area contributed by atoms with E-state index >= 15 is 0 Å². The van der Waals surface area contributed by atoms with Crippen molar-refractivity contribution >= 4 is 17.5 Å². The number of nitrogens with one attached hydrogen (secondary N) is 1. The summed E-state index contributed by atoms with van der Waals surface area (Å²) in [6, 6.07) is 11.1. The van der Waals surface area contributed by atoms with Gasteiger partial charge in [0.25, 0.3) is 5.91 Å². The number of benzene rings is 1. The van der Waals surface area contributed by atoms with Gasteiger partial charge in [0, 0.05) is 31.8 Å². The van der Waals surface area contributed by atoms with E-state index in [1.165, 1.54) is 12.8 Å². The van der Waals surface area contributed by atoms with E-state index in [0.29, 0.717) is 30.4 Å². The van der Waals surface area contributed by atoms with E-state index in [0.717, 1.165) is 18.4 Å². The number of amides is 2. The lowest BCUT2D eigenvalue weighted by Gasteiger charge is -2.32. The molecule has 1 fully saturated rings. The lowest BCUT2D eigenvalue weighted by atomic mass is 10.1. The van der Waals surface area contributed by atoms with E-state index < -0.39 is 6.10 Å². The first-order chi connectivity index (χ1) is 14.6. The number of hydrogen-bond donors (Lipinski definition) is 1. The van der Waals surface area contributed by atoms with Crippen molar-refractivity contribution in [3.63, 3.8) is 0 Å². The normalized spacial score (nSPS) is 18.6. The second-order valence-electron chi connectivity index (χ2n) is 7.77. The summed E-state index contributed by atoms with van der Waals surface area (Å²) < 4.78 is 11.6. The average molecular weight is 409 g/mol. The van der Waals surface area contributed by atoms with E-state index in [9.17, 15) is 9.59 Å². The summed E-state index contributed by atoms with van der Waals surface area (Å²) in [5.41, 5.74) is 1.64. The summed E-state index contributed by atoms with van der Waals surface area (Å²) in [7, 11) is 0. The van der Waals surface area contributed by atoms with Gasteiger partial charge in [-0.2, -0.15) is 0 Å². The Morgan fingerprint density at radius 1 is 1.27 bits per heavy atom. The second-order valence-corrected chi connectivity index (χ2v) is 7.77. The molecule has 1 aliphatic carbocycles. The van der Waals surface area contributed by atoms with E-state index in [4.69, 9.17) is 9.47 Å². The molecule has 1 N–H and O–H groups in total. The van der Waals surface area contributed by atoms with Crippen molar-refractivity contribution in [3.05, 3.63) is 48.2 Å². The fourth-order valence-electron chi connectivity index (χ4n) is 3.89. The van der Waals surface area contributed by atoms with Gasteiger partial charge in [0.15, 0.2) is 6.10 Å². The number of aromatic nitrogens is 1. The van der Waals surface area contributed by atoms with Crippen LogP contribution in [-0.4, -0.2) is 35.6 Å². The van der Waals surface area contributed by atoms with E-state index in [1.807, 2.05) is 36.4 Å². The number of hydrogen-bond acceptors (Lipinski definition) is 5. The highest BCUT2D eigenvalue weighted by atomic mass is 16.5. The third-order valence-corrected chi connectivity index (χ3v) is 5.51. The molecule has 1 aromatic heterocycles. The van der Waals surface area contributed by atoms with Crippen molar-refractivity contribution in [2.75, 3.05) is 11.4 Å². The lowest BCUT2D eigenvalue weighted by molar-refractivity contribution is -0.125. The van der Waals surface area contributed by atoms with Crippen LogP contribution < -0.4 is 19.7 Å². The van der Waals surface area contributed by atoms with E-state index in [2.05, 4.69) is 10.3 Å². The maximum Gasteiger partial charge on any atom is 0.267 e. The molecule has 0 saturated heterocycles. The molecule has 1 saturated carbocycles. The topological polar surface area (TPSA) is 80.8 Å². The zero-order chi connectivity index (χ0) is 20.9. The quantitative estimate of drug-likeness (QED) is 0.759. The number of pyridine rings is 1. The number of ether oxygens (including phenoxy) is 2. The van der Waals surface area contributed by atoms with Gasteiger partial charge in [-0.25, -0.2) is 4.98 Å². The summed E-state index contributed by atoms with van der Waals surface area (Å²) in [5.74, 6) is 1.02. The molecule has 2 aliphatic rings. The second kappa shape index (κ2) is 9.15. The monoisotopic (exact) mass is 409 g/mol. The fourth-order valence-corrected chi connectivity index (χ4v) is 3.89. The van der Waals surface area contributed by atoms with Gasteiger partial charge in [-0.1, -0.05) is 12.1 Å². The number of anilines is 1. The maximum absolute atomic E-state index is 12.5. The third kappa shape index (κ3) is 4.72. The van der Waals surface area contributed by atoms with Gasteiger partial charge in [0.1, 0.15) is 11.9 Å². The molecule has 30 heavy (non-hydrogen) atoms. The highest BCUT2D eigenvalue weighted by molar-refractivity contribution is 6.00. The minimum Gasteiger partial charge on any atom is -0.479 e. The van der Waals surface area contributed by atoms with Crippen LogP contribution >= 0.6 is 0 Å². The van der Waals surface area contributed by atoms with Crippen molar-refractivity contribution in [1.82, 2.24) is 10.3 Å². The molecule has 2 amide bonds. The maximum atomic E-state index is 12.5. The number of nitrogens with zero attached hydrogens (tertiary/aromatic N) is 2. The predicted molar refractivity (Wildman–Crippen MR) is 112 cm³/mol. The molecule has 7 heteroatoms. The average Bonchev–Trinajstić information content (AvgIpc) is 3.26. The molecule has 0 spiro atoms. The van der Waals surface area contributed by atoms with Crippen molar-refractivity contribution in [3.8, 4) is 11.6 Å². The van der Waals surface area contributed by atoms with E-state index in [1.54, 1.807) is 18.0 Å². The Morgan fingerprint density at radius 2 is 2.07 bits per heavy atom. The number of rotatable bonds is 7. The summed E-state index contributed by atoms with van der Waals surface area (Å²) in [4.78, 5) is 30.8. The van der Waals surface area contributed by atoms with Crippen molar-refractivity contribution in [1.29, 1.82) is 0 Å². The van der Waals surface area contributed by atoms with Gasteiger partial charge in [-0.15, -0.1) is 0 Å². The molecular weight excluding hydrogens is 382 g/mol. The molecule has 158 valence electrons. The van der Waals surface area contributed by atoms with Crippen LogP contribution in [0, 0.1) is 0 Å². The Hall–Kier alpha value is -3.09. The molecule has 7 nitrogen and oxygen atoms in total. The van der Waals surface area contributed by atoms with Gasteiger partial charge < -0.3 is 19.7 Å². The number of carbonyl (C=O) groups is 2. The minimum absolute atomic E-state index is 0.116. The first-order valence-electron chi connectivity index (χ1n) is 10.6. The highest BCUT2D eigenvalue weighted by Gasteiger charge is 2.31. The number of fused-ring (bicyclic) bond motifs is 1. The van der Waals surface area contributed by atoms with Crippen LogP contribution in [0.5, 0.6) is 11.6 Å². The summed E-state index contributed by atoms with van der Waals surface area (Å²) in [6.45, 7) is 2.42. The smallest absolute Gasteiger partial charge is 0.267 e. The largest absolute Gasteiger partial charge is 0.479 e. The molecule has 1 unspecified atom stereocenters. The molecule has 1 aromatic carbocycles. The zero-order valence-electron chi connectivity index (χ0n) is 17.2. The summed E-state index contributed by atoms with van der Waals surface area (Å²) in [5, 5.41) is 2.92. The zero-order valence-corrected chi connectivity index (χ0v) is 17.2. The van der Waals surface area contributed by atoms with Gasteiger partial charge in [0.05, 0.1) is 5.69 Å². The van der Waals surface area contributed by atoms with Crippen LogP contribution in [0.3, 0.4) is 0 Å². The van der Waals surface area contributed by atoms with Crippen LogP contribution in [-0.2, 0) is 16.1 Å². The SMILES string of the molecule is CC1Oc2ccccc2N(CCC(=O)NCc2ccnc(OC3CCCC3)c2)C1=O. The van der Waals surface area contributed by atoms with Gasteiger partial charge in [-0.3, -0.25) is 9.59 Å². The molecule has 0 bridgehead atoms. The first kappa shape index (κ1) is 20.2. The molecule has 0 radical (unpaired) electrons. The first-order valence-corrected chi connectivity index (χ1v) is 10.6. The van der Waals surface area contributed by atoms with Crippen molar-refractivity contribution in [2.24, 2.45) is 0 Å². The Bertz CT molecular complexity index is 911. The number of carbonyl (C=O) groups excluding carboxylic acids is 2. The van der Waals surface area contributed by atoms with Gasteiger partial charge in [0.2, 0.25) is 11.8 Å². The standard InChI is InChI=1S/C23H27N3O4/c1-16-23(28)26(19-8-4-5-9-20(19)29-16)13-11-21(27)25-15-17-10-12-24-22(14-17)30-18-6-2-3-7-18/h4-5,8-10,12,14,16,18H,2-3,6-7,11,13,15H2,1H3,(H,25,27). The predicted octanol–water partition coefficient (Wildman–Crippen LogP) is 3.22. The Balaban J connectivity index is 1.30. The van der Waals surface area contributed by atoms with Crippen LogP contribution in [0.25, 0.3) is 0 Å². The Morgan fingerprint density at radius 3 is 2.90 bits per heavy atom. The Kier molecular flexibility index (Phi) is 6.16. The molecular formula is C23H27N3O4. The molecule has 2 heterocycles. The van der Waals surface area contributed by atoms with Crippen molar-refractivity contribution in [2.45, 2.75) is 57.8 Å². The van der Waals surface area contributed by atoms with Crippen LogP contribution in [0.2, 0.25) is 0 Å². The molecule has 1 atom stereocenters. The van der Waals surface area contributed by atoms with E-state index in [-0.39, 0.29) is 24.3 Å². The molecule has 4 rings (SSSR count). The minimum atomic E-state index is -0.557. The van der Waals surface area contributed by atoms with Crippen LogP contribution in [0.4, 0.5) is 5.69 Å². The van der Waals surface area contributed by atoms with Crippen LogP contribution in [0.15, 0.2) is 42.6 Å². The lowest BCUT2D eigenvalue weighted by Crippen LogP contribution is -2.45. The number of para-hydroxylation sites is 2. The molecule has 1 aliphatic heterocycles. The molecule has 2 aromatic rings.